The van der Waals surface area contributed by atoms with E-state index in [9.17, 15) is 0 Å². The second kappa shape index (κ2) is 2.39. The number of hydrogen-bond donors (Lipinski definition) is 1. The van der Waals surface area contributed by atoms with E-state index in [2.05, 4.69) is 31.7 Å². The molecule has 1 saturated heterocycles. The zero-order valence-corrected chi connectivity index (χ0v) is 7.53. The van der Waals surface area contributed by atoms with Gasteiger partial charge in [0.05, 0.1) is 12.2 Å². The largest absolute Gasteiger partial charge is 0.370 e. The number of thiol groups is 1. The van der Waals surface area contributed by atoms with Gasteiger partial charge in [-0.25, -0.2) is 0 Å². The van der Waals surface area contributed by atoms with Gasteiger partial charge < -0.3 is 4.74 Å². The number of ether oxygens (including phenoxy) is 1. The molecule has 11 heavy (non-hydrogen) atoms. The van der Waals surface area contributed by atoms with Crippen molar-refractivity contribution >= 4 is 12.6 Å². The van der Waals surface area contributed by atoms with Crippen molar-refractivity contribution in [2.45, 2.75) is 25.4 Å². The van der Waals surface area contributed by atoms with E-state index in [1.165, 1.54) is 5.57 Å². The number of allylic oxidation sites excluding steroid dienone is 2. The predicted octanol–water partition coefficient (Wildman–Crippen LogP) is 2.31. The summed E-state index contributed by atoms with van der Waals surface area (Å²) in [4.78, 5) is 1.12. The molecule has 2 heteroatoms. The van der Waals surface area contributed by atoms with Crippen molar-refractivity contribution < 1.29 is 4.74 Å². The quantitative estimate of drug-likeness (QED) is 0.546. The number of fused-ring (bicyclic) bond motifs is 1. The van der Waals surface area contributed by atoms with Crippen LogP contribution >= 0.6 is 12.6 Å². The van der Waals surface area contributed by atoms with E-state index in [-0.39, 0.29) is 5.60 Å². The molecule has 2 rings (SSSR count). The summed E-state index contributed by atoms with van der Waals surface area (Å²) in [5.41, 5.74) is 1.40. The molecule has 0 amide bonds. The molecular formula is C9H12OS. The summed E-state index contributed by atoms with van der Waals surface area (Å²) in [5, 5.41) is 0. The molecule has 0 aromatic rings. The van der Waals surface area contributed by atoms with Crippen molar-refractivity contribution in [1.29, 1.82) is 0 Å². The molecule has 1 nitrogen and oxygen atoms in total. The Morgan fingerprint density at radius 3 is 3.18 bits per heavy atom. The molecule has 2 aliphatic rings. The third kappa shape index (κ3) is 1.14. The maximum atomic E-state index is 5.66. The third-order valence-corrected chi connectivity index (χ3v) is 2.77. The van der Waals surface area contributed by atoms with E-state index in [1.807, 2.05) is 0 Å². The van der Waals surface area contributed by atoms with Crippen molar-refractivity contribution in [2.75, 3.05) is 6.61 Å². The van der Waals surface area contributed by atoms with Crippen LogP contribution in [0.1, 0.15) is 19.8 Å². The summed E-state index contributed by atoms with van der Waals surface area (Å²) in [7, 11) is 0. The summed E-state index contributed by atoms with van der Waals surface area (Å²) in [5.74, 6) is 0. The van der Waals surface area contributed by atoms with E-state index < -0.39 is 0 Å². The van der Waals surface area contributed by atoms with Crippen molar-refractivity contribution in [3.63, 3.8) is 0 Å². The van der Waals surface area contributed by atoms with Crippen LogP contribution in [0.2, 0.25) is 0 Å². The molecule has 1 aliphatic carbocycles. The van der Waals surface area contributed by atoms with Crippen LogP contribution in [-0.4, -0.2) is 12.2 Å². The van der Waals surface area contributed by atoms with Crippen molar-refractivity contribution in [3.05, 3.63) is 22.6 Å². The Labute approximate surface area is 72.5 Å². The first-order valence-electron chi connectivity index (χ1n) is 3.94. The van der Waals surface area contributed by atoms with Crippen LogP contribution in [0, 0.1) is 0 Å². The first kappa shape index (κ1) is 7.44. The Morgan fingerprint density at radius 1 is 1.55 bits per heavy atom. The van der Waals surface area contributed by atoms with Crippen molar-refractivity contribution in [3.8, 4) is 0 Å². The zero-order valence-electron chi connectivity index (χ0n) is 6.63. The third-order valence-electron chi connectivity index (χ3n) is 2.47. The smallest absolute Gasteiger partial charge is 0.0912 e. The summed E-state index contributed by atoms with van der Waals surface area (Å²) in [6, 6.07) is 0. The Bertz CT molecular complexity index is 242. The fourth-order valence-electron chi connectivity index (χ4n) is 1.77. The van der Waals surface area contributed by atoms with Crippen LogP contribution in [0.25, 0.3) is 0 Å². The fraction of sp³-hybridized carbons (Fsp3) is 0.556. The molecule has 1 heterocycles. The topological polar surface area (TPSA) is 9.23 Å². The predicted molar refractivity (Wildman–Crippen MR) is 48.7 cm³/mol. The standard InChI is InChI=1S/C9H12OS/c1-9-6-8(11)3-2-7(9)4-5-10-9/h2-3,11H,4-6H2,1H3. The monoisotopic (exact) mass is 168 g/mol. The van der Waals surface area contributed by atoms with Crippen LogP contribution in [0.15, 0.2) is 22.6 Å². The average Bonchev–Trinajstić information content (AvgIpc) is 2.28. The lowest BCUT2D eigenvalue weighted by Gasteiger charge is -2.27. The Balaban J connectivity index is 2.34. The summed E-state index contributed by atoms with van der Waals surface area (Å²) in [6.07, 6.45) is 6.27. The molecule has 0 spiro atoms. The summed E-state index contributed by atoms with van der Waals surface area (Å²) < 4.78 is 5.66. The van der Waals surface area contributed by atoms with Crippen molar-refractivity contribution in [1.82, 2.24) is 0 Å². The summed E-state index contributed by atoms with van der Waals surface area (Å²) in [6.45, 7) is 3.02. The van der Waals surface area contributed by atoms with E-state index in [0.29, 0.717) is 0 Å². The van der Waals surface area contributed by atoms with Crippen molar-refractivity contribution in [2.24, 2.45) is 0 Å². The van der Waals surface area contributed by atoms with E-state index in [0.717, 1.165) is 24.4 Å². The Kier molecular flexibility index (Phi) is 1.62. The molecule has 60 valence electrons. The van der Waals surface area contributed by atoms with E-state index in [1.54, 1.807) is 0 Å². The highest BCUT2D eigenvalue weighted by atomic mass is 32.1. The maximum absolute atomic E-state index is 5.66. The van der Waals surface area contributed by atoms with Gasteiger partial charge in [-0.05, 0) is 23.8 Å². The Morgan fingerprint density at radius 2 is 2.36 bits per heavy atom. The molecule has 0 bridgehead atoms. The van der Waals surface area contributed by atoms with E-state index in [4.69, 9.17) is 4.74 Å². The highest BCUT2D eigenvalue weighted by Crippen LogP contribution is 2.39. The lowest BCUT2D eigenvalue weighted by Crippen LogP contribution is -2.26. The van der Waals surface area contributed by atoms with Gasteiger partial charge in [0.15, 0.2) is 0 Å². The van der Waals surface area contributed by atoms with Gasteiger partial charge in [0, 0.05) is 6.42 Å². The van der Waals surface area contributed by atoms with Gasteiger partial charge in [0.1, 0.15) is 0 Å². The van der Waals surface area contributed by atoms with E-state index >= 15 is 0 Å². The summed E-state index contributed by atoms with van der Waals surface area (Å²) >= 11 is 4.33. The molecule has 0 aromatic carbocycles. The maximum Gasteiger partial charge on any atom is 0.0912 e. The van der Waals surface area contributed by atoms with Crippen LogP contribution in [-0.2, 0) is 4.74 Å². The first-order valence-corrected chi connectivity index (χ1v) is 4.38. The highest BCUT2D eigenvalue weighted by molar-refractivity contribution is 7.84. The lowest BCUT2D eigenvalue weighted by molar-refractivity contribution is 0.0408. The van der Waals surface area contributed by atoms with Crippen LogP contribution in [0.4, 0.5) is 0 Å². The lowest BCUT2D eigenvalue weighted by atomic mass is 9.88. The van der Waals surface area contributed by atoms with Gasteiger partial charge in [-0.2, -0.15) is 0 Å². The number of rotatable bonds is 0. The van der Waals surface area contributed by atoms with Crippen LogP contribution in [0.5, 0.6) is 0 Å². The molecule has 0 aromatic heterocycles. The minimum atomic E-state index is -0.0220. The average molecular weight is 168 g/mol. The molecular weight excluding hydrogens is 156 g/mol. The second-order valence-electron chi connectivity index (χ2n) is 3.36. The van der Waals surface area contributed by atoms with Gasteiger partial charge in [0.25, 0.3) is 0 Å². The SMILES string of the molecule is CC12CC(S)=CC=C1CCO2. The number of hydrogen-bond acceptors (Lipinski definition) is 2. The molecule has 0 N–H and O–H groups in total. The minimum absolute atomic E-state index is 0.0220. The second-order valence-corrected chi connectivity index (χ2v) is 3.93. The van der Waals surface area contributed by atoms with Gasteiger partial charge in [-0.3, -0.25) is 0 Å². The van der Waals surface area contributed by atoms with Gasteiger partial charge in [-0.1, -0.05) is 12.2 Å². The molecule has 1 unspecified atom stereocenters. The molecule has 0 saturated carbocycles. The first-order chi connectivity index (χ1) is 5.21. The molecule has 1 fully saturated rings. The molecule has 1 atom stereocenters. The van der Waals surface area contributed by atoms with Crippen LogP contribution < -0.4 is 0 Å². The zero-order chi connectivity index (χ0) is 7.90. The van der Waals surface area contributed by atoms with Gasteiger partial charge >= 0.3 is 0 Å². The molecule has 1 aliphatic heterocycles. The Hall–Kier alpha value is -0.210. The highest BCUT2D eigenvalue weighted by Gasteiger charge is 2.36. The van der Waals surface area contributed by atoms with Gasteiger partial charge in [0.2, 0.25) is 0 Å². The molecule has 0 radical (unpaired) electrons. The van der Waals surface area contributed by atoms with Gasteiger partial charge in [-0.15, -0.1) is 12.6 Å². The normalized spacial score (nSPS) is 36.2. The fourth-order valence-corrected chi connectivity index (χ4v) is 2.15. The minimum Gasteiger partial charge on any atom is -0.370 e. The van der Waals surface area contributed by atoms with Crippen LogP contribution in [0.3, 0.4) is 0 Å².